The van der Waals surface area contributed by atoms with E-state index < -0.39 is 0 Å². The van der Waals surface area contributed by atoms with E-state index >= 15 is 0 Å². The zero-order chi connectivity index (χ0) is 50.0. The van der Waals surface area contributed by atoms with Crippen LogP contribution < -0.4 is 0 Å². The van der Waals surface area contributed by atoms with Gasteiger partial charge in [0.25, 0.3) is 0 Å². The van der Waals surface area contributed by atoms with Gasteiger partial charge in [0.15, 0.2) is 23.3 Å². The first-order chi connectivity index (χ1) is 34.2. The predicted molar refractivity (Wildman–Crippen MR) is 301 cm³/mol. The van der Waals surface area contributed by atoms with Gasteiger partial charge in [-0.3, -0.25) is 0 Å². The van der Waals surface area contributed by atoms with Gasteiger partial charge in [-0.25, -0.2) is 29.9 Å². The molecule has 2 aliphatic rings. The number of aromatic nitrogens is 8. The van der Waals surface area contributed by atoms with Gasteiger partial charge in [-0.1, -0.05) is 156 Å². The molecule has 0 radical (unpaired) electrons. The molecule has 354 valence electrons. The van der Waals surface area contributed by atoms with Gasteiger partial charge in [0, 0.05) is 43.8 Å². The van der Waals surface area contributed by atoms with E-state index in [-0.39, 0.29) is 21.7 Å². The van der Waals surface area contributed by atoms with Gasteiger partial charge in [0.2, 0.25) is 0 Å². The average molecular weight is 939 g/mol. The molecule has 8 heteroatoms. The van der Waals surface area contributed by atoms with Crippen LogP contribution in [0.5, 0.6) is 0 Å². The molecule has 0 aliphatic carbocycles. The maximum absolute atomic E-state index is 5.66. The molecule has 0 atom stereocenters. The second-order valence-electron chi connectivity index (χ2n) is 24.3. The van der Waals surface area contributed by atoms with Gasteiger partial charge < -0.3 is 9.97 Å². The Morgan fingerprint density at radius 2 is 0.569 bits per heavy atom. The number of fused-ring (bicyclic) bond motifs is 28. The highest BCUT2D eigenvalue weighted by molar-refractivity contribution is 6.21. The van der Waals surface area contributed by atoms with E-state index in [0.29, 0.717) is 45.9 Å². The molecule has 8 bridgehead atoms. The molecule has 72 heavy (non-hydrogen) atoms. The number of nitrogens with one attached hydrogen (secondary N) is 2. The van der Waals surface area contributed by atoms with Gasteiger partial charge in [-0.2, -0.15) is 0 Å². The van der Waals surface area contributed by atoms with Crippen molar-refractivity contribution in [2.45, 2.75) is 105 Å². The first kappa shape index (κ1) is 44.1. The largest absolute Gasteiger partial charge is 0.324 e. The van der Waals surface area contributed by atoms with Crippen LogP contribution in [-0.2, 0) is 21.7 Å². The molecule has 11 aromatic rings. The van der Waals surface area contributed by atoms with Gasteiger partial charge >= 0.3 is 0 Å². The minimum atomic E-state index is -0.0834. The fourth-order valence-electron chi connectivity index (χ4n) is 10.9. The minimum Gasteiger partial charge on any atom is -0.324 e. The first-order valence-corrected chi connectivity index (χ1v) is 25.3. The van der Waals surface area contributed by atoms with Crippen molar-refractivity contribution < 1.29 is 0 Å². The quantitative estimate of drug-likeness (QED) is 0.157. The van der Waals surface area contributed by atoms with E-state index in [1.807, 2.05) is 0 Å². The Kier molecular flexibility index (Phi) is 9.11. The van der Waals surface area contributed by atoms with Crippen molar-refractivity contribution in [3.63, 3.8) is 0 Å². The number of benzene rings is 8. The lowest BCUT2D eigenvalue weighted by Gasteiger charge is -2.20. The van der Waals surface area contributed by atoms with Crippen LogP contribution >= 0.6 is 0 Å². The predicted octanol–water partition coefficient (Wildman–Crippen LogP) is 16.7. The van der Waals surface area contributed by atoms with Crippen molar-refractivity contribution in [1.29, 1.82) is 0 Å². The average Bonchev–Trinajstić information content (AvgIpc) is 4.08. The summed E-state index contributed by atoms with van der Waals surface area (Å²) in [4.78, 5) is 40.9. The number of rotatable bonds is 0. The highest BCUT2D eigenvalue weighted by Crippen LogP contribution is 2.45. The summed E-state index contributed by atoms with van der Waals surface area (Å²) in [6.07, 6.45) is 0. The Balaban J connectivity index is 1.25. The Morgan fingerprint density at radius 3 is 0.944 bits per heavy atom. The third-order valence-corrected chi connectivity index (χ3v) is 15.2. The maximum atomic E-state index is 5.66. The molecule has 0 saturated carbocycles. The highest BCUT2D eigenvalue weighted by Gasteiger charge is 2.28. The van der Waals surface area contributed by atoms with Crippen LogP contribution in [0.1, 0.15) is 105 Å². The van der Waals surface area contributed by atoms with Crippen molar-refractivity contribution in [3.05, 3.63) is 144 Å². The normalized spacial score (nSPS) is 13.3. The third kappa shape index (κ3) is 6.86. The van der Waals surface area contributed by atoms with Crippen molar-refractivity contribution in [3.8, 4) is 45.6 Å². The van der Waals surface area contributed by atoms with Crippen LogP contribution in [0.3, 0.4) is 0 Å². The molecule has 13 rings (SSSR count). The monoisotopic (exact) mass is 938 g/mol. The second-order valence-corrected chi connectivity index (χ2v) is 24.3. The molecule has 2 N–H and O–H groups in total. The fraction of sp³-hybridized carbons (Fsp3) is 0.250. The summed E-state index contributed by atoms with van der Waals surface area (Å²) in [6, 6.07) is 44.6. The molecule has 8 aromatic carbocycles. The maximum Gasteiger partial charge on any atom is 0.165 e. The number of H-pyrrole nitrogens is 2. The smallest absolute Gasteiger partial charge is 0.165 e. The Hall–Kier alpha value is -7.84. The zero-order valence-corrected chi connectivity index (χ0v) is 43.2. The molecule has 0 fully saturated rings. The van der Waals surface area contributed by atoms with E-state index in [1.165, 1.54) is 22.3 Å². The van der Waals surface area contributed by atoms with E-state index in [2.05, 4.69) is 214 Å². The van der Waals surface area contributed by atoms with Gasteiger partial charge in [0.1, 0.15) is 22.6 Å². The van der Waals surface area contributed by atoms with Crippen molar-refractivity contribution >= 4 is 87.2 Å². The Morgan fingerprint density at radius 1 is 0.278 bits per heavy atom. The molecule has 2 aliphatic heterocycles. The van der Waals surface area contributed by atoms with Crippen LogP contribution in [0, 0.1) is 0 Å². The minimum absolute atomic E-state index is 0.0766. The SMILES string of the molecule is CC(C)(C)c1ccc2ccc3c(c2c1)-c1nc-3nc2[nH]c(nc3nc(nc4[nH]c(n1)c1ccc5ccc(C(C)(C)C)cc5c41)-c1c-3ccc3ccc(C(C)(C)C)cc13)c1ccc3ccc(C(C)(C)C)cc3c21. The fourth-order valence-corrected chi connectivity index (χ4v) is 10.9. The third-order valence-electron chi connectivity index (χ3n) is 15.2. The van der Waals surface area contributed by atoms with Crippen LogP contribution in [0.2, 0.25) is 0 Å². The van der Waals surface area contributed by atoms with E-state index in [4.69, 9.17) is 29.9 Å². The Labute approximate surface area is 419 Å². The molecule has 3 aromatic heterocycles. The molecular weight excluding hydrogens is 881 g/mol. The molecule has 0 amide bonds. The van der Waals surface area contributed by atoms with Crippen LogP contribution in [0.15, 0.2) is 121 Å². The Bertz CT molecular complexity index is 4370. The molecule has 0 unspecified atom stereocenters. The van der Waals surface area contributed by atoms with Crippen LogP contribution in [0.25, 0.3) is 133 Å². The highest BCUT2D eigenvalue weighted by atomic mass is 15.1. The lowest BCUT2D eigenvalue weighted by molar-refractivity contribution is 0.591. The summed E-state index contributed by atoms with van der Waals surface area (Å²) in [6.45, 7) is 27.1. The van der Waals surface area contributed by atoms with Gasteiger partial charge in [-0.15, -0.1) is 0 Å². The zero-order valence-electron chi connectivity index (χ0n) is 43.2. The number of nitrogens with zero attached hydrogens (tertiary/aromatic N) is 6. The number of hydrogen-bond donors (Lipinski definition) is 2. The van der Waals surface area contributed by atoms with Gasteiger partial charge in [-0.05, 0) is 136 Å². The molecule has 5 heterocycles. The summed E-state index contributed by atoms with van der Waals surface area (Å²) in [5.41, 5.74) is 11.1. The number of hydrogen-bond acceptors (Lipinski definition) is 6. The van der Waals surface area contributed by atoms with Crippen LogP contribution in [0.4, 0.5) is 0 Å². The molecule has 0 saturated heterocycles. The summed E-state index contributed by atoms with van der Waals surface area (Å²) >= 11 is 0. The van der Waals surface area contributed by atoms with Crippen molar-refractivity contribution in [1.82, 2.24) is 39.9 Å². The standard InChI is InChI=1S/C64H58N8/c1-61(2,3)37-21-13-33-17-25-41-49(45(33)29-37)57-66-53(41)65-54-42-26-18-35-15-23-39(63(7,8)9)31-47(35)51(42)59(67-54)72-60-52-44(28-20-36-16-24-40(32-48(36)52)64(10,11)12)56(71-60)70-58-50-43(55(68-57)69-58)27-19-34-14-22-38(30-46(34)50)62(4,5)6/h13-32H,1-12H3,(H2,65,66,67,68,69,70,71,72). The summed E-state index contributed by atoms with van der Waals surface area (Å²) < 4.78 is 0. The van der Waals surface area contributed by atoms with Crippen molar-refractivity contribution in [2.24, 2.45) is 0 Å². The number of aromatic amines is 2. The second kappa shape index (κ2) is 14.9. The summed E-state index contributed by atoms with van der Waals surface area (Å²) in [7, 11) is 0. The van der Waals surface area contributed by atoms with Crippen molar-refractivity contribution in [2.75, 3.05) is 0 Å². The molecular formula is C64H58N8. The first-order valence-electron chi connectivity index (χ1n) is 25.3. The van der Waals surface area contributed by atoms with E-state index in [9.17, 15) is 0 Å². The van der Waals surface area contributed by atoms with Gasteiger partial charge in [0.05, 0.1) is 0 Å². The summed E-state index contributed by atoms with van der Waals surface area (Å²) in [5.74, 6) is 2.34. The van der Waals surface area contributed by atoms with Crippen LogP contribution in [-0.4, -0.2) is 39.9 Å². The topological polar surface area (TPSA) is 109 Å². The lowest BCUT2D eigenvalue weighted by Crippen LogP contribution is -2.10. The molecule has 0 spiro atoms. The lowest BCUT2D eigenvalue weighted by atomic mass is 9.85. The van der Waals surface area contributed by atoms with E-state index in [0.717, 1.165) is 86.9 Å². The molecule has 8 nitrogen and oxygen atoms in total. The van der Waals surface area contributed by atoms with E-state index in [1.54, 1.807) is 0 Å². The summed E-state index contributed by atoms with van der Waals surface area (Å²) in [5, 5.41) is 12.7.